The summed E-state index contributed by atoms with van der Waals surface area (Å²) in [6.45, 7) is 19.1. The van der Waals surface area contributed by atoms with Gasteiger partial charge in [-0.2, -0.15) is 0 Å². The van der Waals surface area contributed by atoms with Gasteiger partial charge in [0.25, 0.3) is 0 Å². The standard InChI is InChI=1S/C17H18.C2H6.C2H4/c1-11-9-10-14-13-7-5-6-8-15(13)17(3,4)16(14)12(11)2;2*1-2/h5-10H,1-4H3;1-2H3;1-2H2. The predicted octanol–water partition coefficient (Wildman–Crippen LogP) is 6.44. The monoisotopic (exact) mass is 280 g/mol. The molecular formula is C21H28. The summed E-state index contributed by atoms with van der Waals surface area (Å²) in [5.74, 6) is 0. The summed E-state index contributed by atoms with van der Waals surface area (Å²) in [5.41, 5.74) is 8.79. The fourth-order valence-electron chi connectivity index (χ4n) is 3.24. The molecule has 0 bridgehead atoms. The minimum Gasteiger partial charge on any atom is -0.106 e. The first kappa shape index (κ1) is 17.2. The number of aryl methyl sites for hydroxylation is 1. The lowest BCUT2D eigenvalue weighted by molar-refractivity contribution is 0.655. The number of rotatable bonds is 0. The third kappa shape index (κ3) is 2.68. The van der Waals surface area contributed by atoms with Crippen LogP contribution in [0, 0.1) is 13.8 Å². The van der Waals surface area contributed by atoms with E-state index in [1.165, 1.54) is 33.4 Å². The predicted molar refractivity (Wildman–Crippen MR) is 96.1 cm³/mol. The molecule has 0 nitrogen and oxygen atoms in total. The van der Waals surface area contributed by atoms with E-state index in [2.05, 4.69) is 77.3 Å². The fraction of sp³-hybridized carbons (Fsp3) is 0.333. The van der Waals surface area contributed by atoms with Crippen LogP contribution in [0.25, 0.3) is 11.1 Å². The molecule has 0 spiro atoms. The van der Waals surface area contributed by atoms with E-state index < -0.39 is 0 Å². The minimum absolute atomic E-state index is 0.141. The number of hydrogen-bond acceptors (Lipinski definition) is 0. The van der Waals surface area contributed by atoms with E-state index in [0.29, 0.717) is 0 Å². The molecular weight excluding hydrogens is 252 g/mol. The zero-order valence-corrected chi connectivity index (χ0v) is 14.4. The van der Waals surface area contributed by atoms with Crippen LogP contribution in [0.5, 0.6) is 0 Å². The molecule has 0 aromatic heterocycles. The molecule has 0 fully saturated rings. The van der Waals surface area contributed by atoms with Crippen LogP contribution in [0.15, 0.2) is 49.6 Å². The number of hydrogen-bond donors (Lipinski definition) is 0. The van der Waals surface area contributed by atoms with Crippen LogP contribution in [0.1, 0.15) is 49.9 Å². The van der Waals surface area contributed by atoms with Crippen LogP contribution in [-0.4, -0.2) is 0 Å². The van der Waals surface area contributed by atoms with Crippen LogP contribution in [0.2, 0.25) is 0 Å². The second kappa shape index (κ2) is 6.76. The lowest BCUT2D eigenvalue weighted by Gasteiger charge is -2.24. The van der Waals surface area contributed by atoms with Gasteiger partial charge in [0.05, 0.1) is 0 Å². The van der Waals surface area contributed by atoms with Crippen molar-refractivity contribution in [2.45, 2.75) is 47.0 Å². The van der Waals surface area contributed by atoms with Gasteiger partial charge in [0, 0.05) is 5.41 Å². The van der Waals surface area contributed by atoms with Gasteiger partial charge in [-0.3, -0.25) is 0 Å². The van der Waals surface area contributed by atoms with Gasteiger partial charge >= 0.3 is 0 Å². The maximum absolute atomic E-state index is 3.00. The van der Waals surface area contributed by atoms with Crippen LogP contribution < -0.4 is 0 Å². The van der Waals surface area contributed by atoms with Crippen molar-refractivity contribution in [1.82, 2.24) is 0 Å². The highest BCUT2D eigenvalue weighted by Gasteiger charge is 2.36. The molecule has 0 unspecified atom stereocenters. The van der Waals surface area contributed by atoms with Gasteiger partial charge in [-0.1, -0.05) is 64.1 Å². The molecule has 0 aliphatic heterocycles. The van der Waals surface area contributed by atoms with Crippen molar-refractivity contribution in [3.63, 3.8) is 0 Å². The highest BCUT2D eigenvalue weighted by Crippen LogP contribution is 2.50. The molecule has 1 aliphatic carbocycles. The summed E-state index contributed by atoms with van der Waals surface area (Å²) in [7, 11) is 0. The maximum atomic E-state index is 3.00. The molecule has 0 saturated heterocycles. The molecule has 0 radical (unpaired) electrons. The van der Waals surface area contributed by atoms with Crippen LogP contribution in [-0.2, 0) is 5.41 Å². The first-order valence-electron chi connectivity index (χ1n) is 7.74. The quantitative estimate of drug-likeness (QED) is 0.487. The normalized spacial score (nSPS) is 13.0. The highest BCUT2D eigenvalue weighted by atomic mass is 14.4. The Morgan fingerprint density at radius 1 is 0.810 bits per heavy atom. The van der Waals surface area contributed by atoms with E-state index >= 15 is 0 Å². The molecule has 0 heteroatoms. The number of fused-ring (bicyclic) bond motifs is 3. The third-order valence-electron chi connectivity index (χ3n) is 4.25. The van der Waals surface area contributed by atoms with E-state index in [1.54, 1.807) is 0 Å². The second-order valence-electron chi connectivity index (χ2n) is 5.60. The molecule has 0 N–H and O–H groups in total. The fourth-order valence-corrected chi connectivity index (χ4v) is 3.24. The Labute approximate surface area is 130 Å². The van der Waals surface area contributed by atoms with E-state index in [4.69, 9.17) is 0 Å². The van der Waals surface area contributed by atoms with Gasteiger partial charge in [-0.25, -0.2) is 0 Å². The lowest BCUT2D eigenvalue weighted by Crippen LogP contribution is -2.16. The van der Waals surface area contributed by atoms with Gasteiger partial charge < -0.3 is 0 Å². The molecule has 112 valence electrons. The second-order valence-corrected chi connectivity index (χ2v) is 5.60. The Kier molecular flexibility index (Phi) is 5.54. The lowest BCUT2D eigenvalue weighted by atomic mass is 9.79. The van der Waals surface area contributed by atoms with Gasteiger partial charge in [-0.15, -0.1) is 13.2 Å². The molecule has 3 rings (SSSR count). The van der Waals surface area contributed by atoms with Crippen LogP contribution >= 0.6 is 0 Å². The SMILES string of the molecule is C=C.CC.Cc1ccc2c(c1C)C(C)(C)c1ccccc1-2. The van der Waals surface area contributed by atoms with E-state index in [0.717, 1.165) is 0 Å². The average Bonchev–Trinajstić information content (AvgIpc) is 2.76. The largest absolute Gasteiger partial charge is 0.106 e. The summed E-state index contributed by atoms with van der Waals surface area (Å²) in [6, 6.07) is 13.3. The Morgan fingerprint density at radius 3 is 2.00 bits per heavy atom. The molecule has 0 atom stereocenters. The maximum Gasteiger partial charge on any atom is 0.0161 e. The Hall–Kier alpha value is -1.82. The topological polar surface area (TPSA) is 0 Å². The van der Waals surface area contributed by atoms with Crippen LogP contribution in [0.4, 0.5) is 0 Å². The van der Waals surface area contributed by atoms with Crippen molar-refractivity contribution in [3.05, 3.63) is 71.8 Å². The zero-order valence-electron chi connectivity index (χ0n) is 14.4. The molecule has 1 aliphatic rings. The summed E-state index contributed by atoms with van der Waals surface area (Å²) >= 11 is 0. The summed E-state index contributed by atoms with van der Waals surface area (Å²) in [4.78, 5) is 0. The highest BCUT2D eigenvalue weighted by molar-refractivity contribution is 5.82. The number of benzene rings is 2. The van der Waals surface area contributed by atoms with Crippen molar-refractivity contribution in [1.29, 1.82) is 0 Å². The van der Waals surface area contributed by atoms with E-state index in [9.17, 15) is 0 Å². The van der Waals surface area contributed by atoms with Gasteiger partial charge in [0.1, 0.15) is 0 Å². The molecule has 2 aromatic rings. The zero-order chi connectivity index (χ0) is 16.2. The Bertz CT molecular complexity index is 618. The smallest absolute Gasteiger partial charge is 0.0161 e. The van der Waals surface area contributed by atoms with Crippen molar-refractivity contribution >= 4 is 0 Å². The van der Waals surface area contributed by atoms with E-state index in [-0.39, 0.29) is 5.41 Å². The van der Waals surface area contributed by atoms with Gasteiger partial charge in [0.15, 0.2) is 0 Å². The van der Waals surface area contributed by atoms with Crippen molar-refractivity contribution in [3.8, 4) is 11.1 Å². The first-order chi connectivity index (χ1) is 10.0. The Morgan fingerprint density at radius 2 is 1.38 bits per heavy atom. The van der Waals surface area contributed by atoms with Gasteiger partial charge in [-0.05, 0) is 47.2 Å². The van der Waals surface area contributed by atoms with Gasteiger partial charge in [0.2, 0.25) is 0 Å². The molecule has 21 heavy (non-hydrogen) atoms. The van der Waals surface area contributed by atoms with Crippen LogP contribution in [0.3, 0.4) is 0 Å². The average molecular weight is 280 g/mol. The molecule has 0 heterocycles. The third-order valence-corrected chi connectivity index (χ3v) is 4.25. The summed E-state index contributed by atoms with van der Waals surface area (Å²) < 4.78 is 0. The molecule has 0 amide bonds. The molecule has 0 saturated carbocycles. The minimum atomic E-state index is 0.141. The molecule has 2 aromatic carbocycles. The van der Waals surface area contributed by atoms with Crippen molar-refractivity contribution < 1.29 is 0 Å². The summed E-state index contributed by atoms with van der Waals surface area (Å²) in [6.07, 6.45) is 0. The summed E-state index contributed by atoms with van der Waals surface area (Å²) in [5, 5.41) is 0. The van der Waals surface area contributed by atoms with Crippen molar-refractivity contribution in [2.24, 2.45) is 0 Å². The van der Waals surface area contributed by atoms with E-state index in [1.807, 2.05) is 13.8 Å². The first-order valence-corrected chi connectivity index (χ1v) is 7.74. The van der Waals surface area contributed by atoms with Crippen molar-refractivity contribution in [2.75, 3.05) is 0 Å². The Balaban J connectivity index is 0.000000510.